The zero-order valence-corrected chi connectivity index (χ0v) is 17.0. The van der Waals surface area contributed by atoms with Gasteiger partial charge in [-0.1, -0.05) is 23.2 Å². The average molecular weight is 420 g/mol. The van der Waals surface area contributed by atoms with Gasteiger partial charge < -0.3 is 14.9 Å². The quantitative estimate of drug-likeness (QED) is 0.830. The Hall–Kier alpha value is -1.79. The molecular weight excluding hydrogens is 397 g/mol. The fourth-order valence-electron chi connectivity index (χ4n) is 4.02. The summed E-state index contributed by atoms with van der Waals surface area (Å²) in [6.45, 7) is 4.21. The van der Waals surface area contributed by atoms with Gasteiger partial charge in [0.15, 0.2) is 0 Å². The Balaban J connectivity index is 1.35. The molecule has 5 nitrogen and oxygen atoms in total. The van der Waals surface area contributed by atoms with Gasteiger partial charge in [0.25, 0.3) is 5.91 Å². The average Bonchev–Trinajstić information content (AvgIpc) is 3.10. The van der Waals surface area contributed by atoms with E-state index >= 15 is 0 Å². The lowest BCUT2D eigenvalue weighted by Gasteiger charge is -2.38. The van der Waals surface area contributed by atoms with Gasteiger partial charge in [-0.25, -0.2) is 0 Å². The number of nitrogens with zero attached hydrogens (tertiary/aromatic N) is 3. The van der Waals surface area contributed by atoms with E-state index in [2.05, 4.69) is 9.80 Å². The Morgan fingerprint density at radius 1 is 0.857 bits per heavy atom. The van der Waals surface area contributed by atoms with Crippen molar-refractivity contribution in [1.82, 2.24) is 9.80 Å². The molecule has 2 aliphatic heterocycles. The van der Waals surface area contributed by atoms with Crippen LogP contribution in [0, 0.1) is 0 Å². The third-order valence-electron chi connectivity index (χ3n) is 5.61. The Morgan fingerprint density at radius 2 is 1.43 bits per heavy atom. The first-order valence-electron chi connectivity index (χ1n) is 9.49. The molecule has 0 spiro atoms. The molecule has 0 bridgehead atoms. The lowest BCUT2D eigenvalue weighted by Crippen LogP contribution is -2.54. The van der Waals surface area contributed by atoms with Crippen molar-refractivity contribution < 1.29 is 9.90 Å². The summed E-state index contributed by atoms with van der Waals surface area (Å²) < 4.78 is 0. The molecule has 2 aromatic carbocycles. The first-order valence-corrected chi connectivity index (χ1v) is 10.2. The number of aliphatic hydroxyl groups is 1. The predicted molar refractivity (Wildman–Crippen MR) is 112 cm³/mol. The minimum atomic E-state index is -0.408. The molecule has 0 unspecified atom stereocenters. The largest absolute Gasteiger partial charge is 0.390 e. The fraction of sp³-hybridized carbons (Fsp3) is 0.381. The smallest absolute Gasteiger partial charge is 0.253 e. The maximum absolute atomic E-state index is 12.7. The normalized spacial score (nSPS) is 23.2. The molecular formula is C21H23Cl2N3O2. The van der Waals surface area contributed by atoms with Gasteiger partial charge in [0.2, 0.25) is 0 Å². The second kappa shape index (κ2) is 8.29. The highest BCUT2D eigenvalue weighted by Crippen LogP contribution is 2.26. The Morgan fingerprint density at radius 3 is 2.04 bits per heavy atom. The van der Waals surface area contributed by atoms with Crippen LogP contribution in [0.1, 0.15) is 10.4 Å². The molecule has 2 aliphatic rings. The van der Waals surface area contributed by atoms with Gasteiger partial charge in [-0.15, -0.1) is 0 Å². The molecule has 28 heavy (non-hydrogen) atoms. The molecule has 4 rings (SSSR count). The van der Waals surface area contributed by atoms with E-state index in [4.69, 9.17) is 23.2 Å². The third kappa shape index (κ3) is 4.13. The van der Waals surface area contributed by atoms with Crippen LogP contribution in [0.15, 0.2) is 48.5 Å². The first kappa shape index (κ1) is 19.5. The van der Waals surface area contributed by atoms with Gasteiger partial charge >= 0.3 is 0 Å². The number of β-amino-alcohol motifs (C(OH)–C–C–N with tert-alkyl or cyclic N) is 1. The predicted octanol–water partition coefficient (Wildman–Crippen LogP) is 3.00. The van der Waals surface area contributed by atoms with E-state index in [1.54, 1.807) is 24.3 Å². The topological polar surface area (TPSA) is 47.0 Å². The lowest BCUT2D eigenvalue weighted by atomic mass is 10.1. The number of piperazine rings is 1. The van der Waals surface area contributed by atoms with E-state index in [1.165, 1.54) is 0 Å². The summed E-state index contributed by atoms with van der Waals surface area (Å²) in [5.74, 6) is 0.0334. The van der Waals surface area contributed by atoms with E-state index in [0.29, 0.717) is 35.2 Å². The van der Waals surface area contributed by atoms with Gasteiger partial charge in [0, 0.05) is 60.6 Å². The summed E-state index contributed by atoms with van der Waals surface area (Å²) in [6, 6.07) is 14.8. The molecule has 0 aliphatic carbocycles. The van der Waals surface area contributed by atoms with Gasteiger partial charge in [0.1, 0.15) is 0 Å². The molecule has 0 radical (unpaired) electrons. The molecule has 2 atom stereocenters. The number of anilines is 1. The van der Waals surface area contributed by atoms with Crippen LogP contribution in [0.3, 0.4) is 0 Å². The summed E-state index contributed by atoms with van der Waals surface area (Å²) in [6.07, 6.45) is -0.408. The zero-order valence-electron chi connectivity index (χ0n) is 15.5. The molecule has 2 heterocycles. The van der Waals surface area contributed by atoms with E-state index in [9.17, 15) is 9.90 Å². The van der Waals surface area contributed by atoms with E-state index in [0.717, 1.165) is 25.3 Å². The molecule has 7 heteroatoms. The highest BCUT2D eigenvalue weighted by molar-refractivity contribution is 6.30. The Kier molecular flexibility index (Phi) is 5.78. The summed E-state index contributed by atoms with van der Waals surface area (Å²) in [5, 5.41) is 11.9. The number of amides is 1. The minimum Gasteiger partial charge on any atom is -0.390 e. The molecule has 2 saturated heterocycles. The van der Waals surface area contributed by atoms with Crippen LogP contribution < -0.4 is 4.90 Å². The number of hydrogen-bond acceptors (Lipinski definition) is 4. The summed E-state index contributed by atoms with van der Waals surface area (Å²) in [4.78, 5) is 19.0. The number of rotatable bonds is 3. The van der Waals surface area contributed by atoms with Crippen LogP contribution in [-0.4, -0.2) is 72.2 Å². The SMILES string of the molecule is O=C(c1ccc(Cl)cc1)N1CCN([C@@H]2CN(c3ccc(Cl)cc3)C[C@H]2O)CC1. The van der Waals surface area contributed by atoms with Crippen molar-refractivity contribution in [2.75, 3.05) is 44.2 Å². The van der Waals surface area contributed by atoms with Crippen molar-refractivity contribution >= 4 is 34.8 Å². The van der Waals surface area contributed by atoms with Crippen molar-refractivity contribution in [1.29, 1.82) is 0 Å². The fourth-order valence-corrected chi connectivity index (χ4v) is 4.27. The zero-order chi connectivity index (χ0) is 19.7. The van der Waals surface area contributed by atoms with Crippen LogP contribution in [-0.2, 0) is 0 Å². The third-order valence-corrected chi connectivity index (χ3v) is 6.12. The van der Waals surface area contributed by atoms with Crippen molar-refractivity contribution in [3.63, 3.8) is 0 Å². The minimum absolute atomic E-state index is 0.0334. The van der Waals surface area contributed by atoms with Crippen LogP contribution in [0.2, 0.25) is 10.0 Å². The highest BCUT2D eigenvalue weighted by Gasteiger charge is 2.37. The molecule has 2 fully saturated rings. The summed E-state index contributed by atoms with van der Waals surface area (Å²) in [5.41, 5.74) is 1.73. The molecule has 1 N–H and O–H groups in total. The lowest BCUT2D eigenvalue weighted by molar-refractivity contribution is 0.0376. The van der Waals surface area contributed by atoms with Gasteiger partial charge in [0.05, 0.1) is 12.1 Å². The highest BCUT2D eigenvalue weighted by atomic mass is 35.5. The van der Waals surface area contributed by atoms with E-state index < -0.39 is 6.10 Å². The second-order valence-corrected chi connectivity index (χ2v) is 8.22. The number of halogens is 2. The van der Waals surface area contributed by atoms with E-state index in [-0.39, 0.29) is 11.9 Å². The first-order chi connectivity index (χ1) is 13.5. The van der Waals surface area contributed by atoms with Crippen LogP contribution in [0.25, 0.3) is 0 Å². The van der Waals surface area contributed by atoms with Crippen LogP contribution >= 0.6 is 23.2 Å². The molecule has 0 saturated carbocycles. The van der Waals surface area contributed by atoms with Gasteiger partial charge in [-0.3, -0.25) is 9.69 Å². The maximum Gasteiger partial charge on any atom is 0.253 e. The maximum atomic E-state index is 12.7. The number of aliphatic hydroxyl groups excluding tert-OH is 1. The van der Waals surface area contributed by atoms with Crippen molar-refractivity contribution in [3.8, 4) is 0 Å². The number of carbonyl (C=O) groups excluding carboxylic acids is 1. The monoisotopic (exact) mass is 419 g/mol. The van der Waals surface area contributed by atoms with Crippen LogP contribution in [0.4, 0.5) is 5.69 Å². The Bertz CT molecular complexity index is 821. The number of hydrogen-bond donors (Lipinski definition) is 1. The molecule has 1 amide bonds. The van der Waals surface area contributed by atoms with Crippen molar-refractivity contribution in [3.05, 3.63) is 64.1 Å². The van der Waals surface area contributed by atoms with Gasteiger partial charge in [-0.2, -0.15) is 0 Å². The Labute approximate surface area is 175 Å². The van der Waals surface area contributed by atoms with Crippen LogP contribution in [0.5, 0.6) is 0 Å². The van der Waals surface area contributed by atoms with Gasteiger partial charge in [-0.05, 0) is 48.5 Å². The summed E-state index contributed by atoms with van der Waals surface area (Å²) >= 11 is 11.9. The number of benzene rings is 2. The molecule has 2 aromatic rings. The van der Waals surface area contributed by atoms with Crippen molar-refractivity contribution in [2.24, 2.45) is 0 Å². The number of carbonyl (C=O) groups is 1. The molecule has 148 valence electrons. The van der Waals surface area contributed by atoms with Crippen molar-refractivity contribution in [2.45, 2.75) is 12.1 Å². The summed E-state index contributed by atoms with van der Waals surface area (Å²) in [7, 11) is 0. The molecule has 0 aromatic heterocycles. The van der Waals surface area contributed by atoms with E-state index in [1.807, 2.05) is 29.2 Å². The standard InChI is InChI=1S/C21H23Cl2N3O2/c22-16-3-1-15(2-4-16)21(28)25-11-9-24(10-12-25)19-13-26(14-20(19)27)18-7-5-17(23)6-8-18/h1-8,19-20,27H,9-14H2/t19-,20-/m1/s1. The second-order valence-electron chi connectivity index (χ2n) is 7.35.